The molecule has 1 atom stereocenters. The number of benzene rings is 2. The van der Waals surface area contributed by atoms with Crippen molar-refractivity contribution in [3.05, 3.63) is 59.7 Å². The van der Waals surface area contributed by atoms with Gasteiger partial charge in [0.2, 0.25) is 0 Å². The molecule has 2 amide bonds. The van der Waals surface area contributed by atoms with E-state index in [0.29, 0.717) is 23.5 Å². The van der Waals surface area contributed by atoms with Gasteiger partial charge in [-0.25, -0.2) is 4.79 Å². The number of ether oxygens (including phenoxy) is 3. The lowest BCUT2D eigenvalue weighted by molar-refractivity contribution is -0.148. The molecule has 28 heavy (non-hydrogen) atoms. The number of fused-ring (bicyclic) bond motifs is 1. The Kier molecular flexibility index (Phi) is 5.93. The quantitative estimate of drug-likeness (QED) is 0.396. The average molecular weight is 383 g/mol. The van der Waals surface area contributed by atoms with Crippen LogP contribution >= 0.6 is 0 Å². The molecule has 3 rings (SSSR count). The van der Waals surface area contributed by atoms with E-state index >= 15 is 0 Å². The Morgan fingerprint density at radius 1 is 0.893 bits per heavy atom. The maximum absolute atomic E-state index is 12.4. The lowest BCUT2D eigenvalue weighted by Crippen LogP contribution is -2.44. The highest BCUT2D eigenvalue weighted by Gasteiger charge is 2.41. The molecule has 0 N–H and O–H groups in total. The van der Waals surface area contributed by atoms with Crippen LogP contribution in [0.25, 0.3) is 0 Å². The molecule has 2 aromatic carbocycles. The van der Waals surface area contributed by atoms with Gasteiger partial charge in [-0.15, -0.1) is 0 Å². The van der Waals surface area contributed by atoms with E-state index in [9.17, 15) is 14.4 Å². The Balaban J connectivity index is 1.49. The van der Waals surface area contributed by atoms with Gasteiger partial charge in [-0.1, -0.05) is 12.1 Å². The topological polar surface area (TPSA) is 82.1 Å². The van der Waals surface area contributed by atoms with Gasteiger partial charge in [0, 0.05) is 0 Å². The minimum Gasteiger partial charge on any atom is -0.494 e. The lowest BCUT2D eigenvalue weighted by atomic mass is 10.1. The van der Waals surface area contributed by atoms with Gasteiger partial charge in [0.05, 0.1) is 17.7 Å². The van der Waals surface area contributed by atoms with Gasteiger partial charge < -0.3 is 14.2 Å². The van der Waals surface area contributed by atoms with Crippen LogP contribution in [0.3, 0.4) is 0 Å². The molecular formula is C21H21NO6. The summed E-state index contributed by atoms with van der Waals surface area (Å²) in [6.45, 7) is 4.11. The zero-order valence-corrected chi connectivity index (χ0v) is 15.7. The van der Waals surface area contributed by atoms with Crippen molar-refractivity contribution in [3.63, 3.8) is 0 Å². The van der Waals surface area contributed by atoms with Crippen LogP contribution in [0.15, 0.2) is 48.5 Å². The number of amides is 2. The highest BCUT2D eigenvalue weighted by molar-refractivity contribution is 6.22. The Hall–Kier alpha value is -3.35. The summed E-state index contributed by atoms with van der Waals surface area (Å²) >= 11 is 0. The van der Waals surface area contributed by atoms with E-state index in [1.165, 1.54) is 6.92 Å². The third-order valence-electron chi connectivity index (χ3n) is 4.29. The molecule has 0 saturated heterocycles. The molecule has 0 radical (unpaired) electrons. The molecule has 0 aliphatic carbocycles. The summed E-state index contributed by atoms with van der Waals surface area (Å²) in [7, 11) is 0. The zero-order chi connectivity index (χ0) is 20.1. The van der Waals surface area contributed by atoms with Gasteiger partial charge in [0.15, 0.2) is 0 Å². The lowest BCUT2D eigenvalue weighted by Gasteiger charge is -2.20. The summed E-state index contributed by atoms with van der Waals surface area (Å²) in [5.74, 6) is -0.278. The van der Waals surface area contributed by atoms with E-state index in [0.717, 1.165) is 10.6 Å². The predicted molar refractivity (Wildman–Crippen MR) is 100 cm³/mol. The molecule has 1 heterocycles. The van der Waals surface area contributed by atoms with Crippen LogP contribution < -0.4 is 9.47 Å². The minimum atomic E-state index is -1.02. The fourth-order valence-corrected chi connectivity index (χ4v) is 2.89. The first kappa shape index (κ1) is 19.4. The largest absolute Gasteiger partial charge is 0.494 e. The Morgan fingerprint density at radius 3 is 1.96 bits per heavy atom. The van der Waals surface area contributed by atoms with Crippen LogP contribution in [-0.4, -0.2) is 48.5 Å². The summed E-state index contributed by atoms with van der Waals surface area (Å²) in [5, 5.41) is 0. The van der Waals surface area contributed by atoms with Gasteiger partial charge in [-0.3, -0.25) is 14.5 Å². The van der Waals surface area contributed by atoms with Crippen molar-refractivity contribution in [2.75, 3.05) is 19.8 Å². The molecule has 0 aromatic heterocycles. The molecule has 2 aromatic rings. The van der Waals surface area contributed by atoms with Gasteiger partial charge in [-0.05, 0) is 50.2 Å². The van der Waals surface area contributed by atoms with Crippen LogP contribution in [0, 0.1) is 0 Å². The molecule has 1 aliphatic heterocycles. The molecule has 0 bridgehead atoms. The molecule has 7 heteroatoms. The van der Waals surface area contributed by atoms with Gasteiger partial charge in [0.1, 0.15) is 30.8 Å². The second-order valence-corrected chi connectivity index (χ2v) is 6.12. The Bertz CT molecular complexity index is 842. The molecule has 0 saturated carbocycles. The highest BCUT2D eigenvalue weighted by atomic mass is 16.6. The first-order valence-corrected chi connectivity index (χ1v) is 9.02. The summed E-state index contributed by atoms with van der Waals surface area (Å²) in [4.78, 5) is 38.0. The van der Waals surface area contributed by atoms with E-state index in [-0.39, 0.29) is 13.2 Å². The number of hydrogen-bond acceptors (Lipinski definition) is 6. The maximum Gasteiger partial charge on any atom is 0.329 e. The second kappa shape index (κ2) is 8.56. The molecule has 1 aliphatic rings. The molecule has 0 fully saturated rings. The zero-order valence-electron chi connectivity index (χ0n) is 15.7. The summed E-state index contributed by atoms with van der Waals surface area (Å²) in [5.41, 5.74) is 0.594. The van der Waals surface area contributed by atoms with E-state index in [4.69, 9.17) is 14.2 Å². The van der Waals surface area contributed by atoms with Crippen molar-refractivity contribution < 1.29 is 28.6 Å². The normalized spacial score (nSPS) is 13.9. The number of carbonyl (C=O) groups excluding carboxylic acids is 3. The summed E-state index contributed by atoms with van der Waals surface area (Å²) in [6.07, 6.45) is 0. The van der Waals surface area contributed by atoms with Crippen molar-refractivity contribution in [3.8, 4) is 11.5 Å². The fraction of sp³-hybridized carbons (Fsp3) is 0.286. The molecule has 146 valence electrons. The molecule has 7 nitrogen and oxygen atoms in total. The molecule has 0 spiro atoms. The average Bonchev–Trinajstić information content (AvgIpc) is 2.97. The van der Waals surface area contributed by atoms with Gasteiger partial charge in [-0.2, -0.15) is 0 Å². The van der Waals surface area contributed by atoms with Crippen molar-refractivity contribution >= 4 is 17.8 Å². The summed E-state index contributed by atoms with van der Waals surface area (Å²) < 4.78 is 16.0. The summed E-state index contributed by atoms with van der Waals surface area (Å²) in [6, 6.07) is 12.6. The molecular weight excluding hydrogens is 362 g/mol. The number of hydrogen-bond donors (Lipinski definition) is 0. The SMILES string of the molecule is CCOc1ccc(OCCOC(=O)[C@H](C)N2C(=O)c3ccccc3C2=O)cc1. The van der Waals surface area contributed by atoms with Crippen molar-refractivity contribution in [1.82, 2.24) is 4.90 Å². The Labute approximate surface area is 162 Å². The number of nitrogens with zero attached hydrogens (tertiary/aromatic N) is 1. The number of esters is 1. The van der Waals surface area contributed by atoms with E-state index < -0.39 is 23.8 Å². The highest BCUT2D eigenvalue weighted by Crippen LogP contribution is 2.24. The monoisotopic (exact) mass is 383 g/mol. The standard InChI is InChI=1S/C21H21NO6/c1-3-26-15-8-10-16(11-9-15)27-12-13-28-21(25)14(2)22-19(23)17-6-4-5-7-18(17)20(22)24/h4-11,14H,3,12-13H2,1-2H3/t14-/m0/s1. The van der Waals surface area contributed by atoms with E-state index in [1.807, 2.05) is 6.92 Å². The third kappa shape index (κ3) is 3.98. The predicted octanol–water partition coefficient (Wildman–Crippen LogP) is 2.69. The number of imide groups is 1. The van der Waals surface area contributed by atoms with Crippen LogP contribution in [0.5, 0.6) is 11.5 Å². The van der Waals surface area contributed by atoms with Crippen LogP contribution in [0.2, 0.25) is 0 Å². The van der Waals surface area contributed by atoms with Crippen molar-refractivity contribution in [2.24, 2.45) is 0 Å². The number of rotatable bonds is 8. The first-order chi connectivity index (χ1) is 13.5. The first-order valence-electron chi connectivity index (χ1n) is 9.02. The van der Waals surface area contributed by atoms with Crippen molar-refractivity contribution in [2.45, 2.75) is 19.9 Å². The smallest absolute Gasteiger partial charge is 0.329 e. The van der Waals surface area contributed by atoms with Crippen LogP contribution in [-0.2, 0) is 9.53 Å². The van der Waals surface area contributed by atoms with Crippen LogP contribution in [0.1, 0.15) is 34.6 Å². The third-order valence-corrected chi connectivity index (χ3v) is 4.29. The second-order valence-electron chi connectivity index (χ2n) is 6.12. The fourth-order valence-electron chi connectivity index (χ4n) is 2.89. The maximum atomic E-state index is 12.4. The minimum absolute atomic E-state index is 0.000442. The van der Waals surface area contributed by atoms with E-state index in [1.54, 1.807) is 48.5 Å². The van der Waals surface area contributed by atoms with Gasteiger partial charge in [0.25, 0.3) is 11.8 Å². The molecule has 0 unspecified atom stereocenters. The van der Waals surface area contributed by atoms with Crippen LogP contribution in [0.4, 0.5) is 0 Å². The van der Waals surface area contributed by atoms with Gasteiger partial charge >= 0.3 is 5.97 Å². The van der Waals surface area contributed by atoms with Crippen molar-refractivity contribution in [1.29, 1.82) is 0 Å². The Morgan fingerprint density at radius 2 is 1.43 bits per heavy atom. The van der Waals surface area contributed by atoms with E-state index in [2.05, 4.69) is 0 Å². The number of carbonyl (C=O) groups is 3.